The second kappa shape index (κ2) is 6.43. The Bertz CT molecular complexity index is 678. The number of carbonyl (C=O) groups is 2. The molecule has 0 spiro atoms. The summed E-state index contributed by atoms with van der Waals surface area (Å²) in [7, 11) is 1.32. The Kier molecular flexibility index (Phi) is 4.61. The third-order valence-electron chi connectivity index (χ3n) is 3.90. The minimum atomic E-state index is -1.23. The van der Waals surface area contributed by atoms with E-state index in [0.29, 0.717) is 16.7 Å². The topological polar surface area (TPSA) is 63.6 Å². The van der Waals surface area contributed by atoms with Gasteiger partial charge in [0, 0.05) is 0 Å². The molecule has 0 amide bonds. The van der Waals surface area contributed by atoms with E-state index < -0.39 is 17.4 Å². The van der Waals surface area contributed by atoms with Crippen LogP contribution >= 0.6 is 0 Å². The second-order valence-corrected chi connectivity index (χ2v) is 5.21. The molecule has 0 saturated carbocycles. The number of ether oxygens (including phenoxy) is 1. The Hall–Kier alpha value is -2.62. The number of carbonyl (C=O) groups excluding carboxylic acids is 1. The number of aliphatic carboxylic acids is 1. The van der Waals surface area contributed by atoms with Crippen molar-refractivity contribution < 1.29 is 19.4 Å². The third-order valence-corrected chi connectivity index (χ3v) is 3.90. The van der Waals surface area contributed by atoms with Crippen LogP contribution in [0.4, 0.5) is 0 Å². The zero-order valence-electron chi connectivity index (χ0n) is 12.6. The summed E-state index contributed by atoms with van der Waals surface area (Å²) < 4.78 is 4.70. The van der Waals surface area contributed by atoms with Crippen molar-refractivity contribution in [2.75, 3.05) is 7.11 Å². The average Bonchev–Trinajstić information content (AvgIpc) is 2.55. The smallest absolute Gasteiger partial charge is 0.318 e. The Morgan fingerprint density at radius 2 is 1.64 bits per heavy atom. The fourth-order valence-corrected chi connectivity index (χ4v) is 2.56. The quantitative estimate of drug-likeness (QED) is 0.862. The summed E-state index contributed by atoms with van der Waals surface area (Å²) in [5.74, 6) is -1.36. The molecule has 1 N–H and O–H groups in total. The van der Waals surface area contributed by atoms with Crippen molar-refractivity contribution >= 4 is 11.9 Å². The van der Waals surface area contributed by atoms with Crippen LogP contribution in [0.3, 0.4) is 0 Å². The van der Waals surface area contributed by atoms with E-state index in [0.717, 1.165) is 0 Å². The summed E-state index contributed by atoms with van der Waals surface area (Å²) in [5, 5.41) is 9.84. The van der Waals surface area contributed by atoms with Gasteiger partial charge < -0.3 is 9.84 Å². The molecule has 0 radical (unpaired) electrons. The van der Waals surface area contributed by atoms with Crippen LogP contribution in [0.5, 0.6) is 0 Å². The molecule has 0 aliphatic heterocycles. The summed E-state index contributed by atoms with van der Waals surface area (Å²) in [6, 6.07) is 16.1. The van der Waals surface area contributed by atoms with Gasteiger partial charge in [-0.25, -0.2) is 0 Å². The monoisotopic (exact) mass is 298 g/mol. The van der Waals surface area contributed by atoms with Gasteiger partial charge in [-0.1, -0.05) is 54.6 Å². The number of hydrogen-bond acceptors (Lipinski definition) is 3. The summed E-state index contributed by atoms with van der Waals surface area (Å²) >= 11 is 0. The highest BCUT2D eigenvalue weighted by atomic mass is 16.5. The molecule has 22 heavy (non-hydrogen) atoms. The third kappa shape index (κ3) is 2.86. The maximum Gasteiger partial charge on any atom is 0.318 e. The molecule has 4 nitrogen and oxygen atoms in total. The van der Waals surface area contributed by atoms with Gasteiger partial charge in [0.2, 0.25) is 0 Å². The normalized spacial score (nSPS) is 13.2. The van der Waals surface area contributed by atoms with Gasteiger partial charge in [-0.2, -0.15) is 0 Å². The Balaban J connectivity index is 2.60. The van der Waals surface area contributed by atoms with Crippen LogP contribution in [0.1, 0.15) is 23.6 Å². The molecule has 2 aromatic rings. The van der Waals surface area contributed by atoms with E-state index in [4.69, 9.17) is 4.74 Å². The van der Waals surface area contributed by atoms with Gasteiger partial charge in [0.15, 0.2) is 0 Å². The van der Waals surface area contributed by atoms with Crippen LogP contribution in [-0.4, -0.2) is 24.2 Å². The number of hydrogen-bond donors (Lipinski definition) is 1. The predicted molar refractivity (Wildman–Crippen MR) is 82.7 cm³/mol. The fraction of sp³-hybridized carbons (Fsp3) is 0.222. The number of methoxy groups -OCH3 is 1. The molecule has 0 fully saturated rings. The molecule has 0 aromatic heterocycles. The number of carboxylic acid groups (broad SMARTS) is 1. The van der Waals surface area contributed by atoms with E-state index in [1.54, 1.807) is 55.5 Å². The minimum absolute atomic E-state index is 0.0440. The van der Waals surface area contributed by atoms with Crippen molar-refractivity contribution in [3.8, 4) is 0 Å². The van der Waals surface area contributed by atoms with E-state index in [2.05, 4.69) is 0 Å². The van der Waals surface area contributed by atoms with E-state index in [1.807, 2.05) is 6.07 Å². The summed E-state index contributed by atoms with van der Waals surface area (Å²) in [4.78, 5) is 23.6. The summed E-state index contributed by atoms with van der Waals surface area (Å²) in [6.45, 7) is 1.65. The molecular formula is C18H18O4. The van der Waals surface area contributed by atoms with Crippen molar-refractivity contribution in [2.45, 2.75) is 18.8 Å². The van der Waals surface area contributed by atoms with Gasteiger partial charge in [0.1, 0.15) is 5.41 Å². The molecule has 0 aliphatic carbocycles. The van der Waals surface area contributed by atoms with E-state index in [9.17, 15) is 14.7 Å². The Morgan fingerprint density at radius 1 is 1.05 bits per heavy atom. The highest BCUT2D eigenvalue weighted by Crippen LogP contribution is 2.34. The second-order valence-electron chi connectivity index (χ2n) is 5.21. The zero-order chi connectivity index (χ0) is 16.2. The molecule has 2 aromatic carbocycles. The molecule has 0 saturated heterocycles. The van der Waals surface area contributed by atoms with Crippen LogP contribution in [-0.2, 0) is 26.2 Å². The number of esters is 1. The van der Waals surface area contributed by atoms with Gasteiger partial charge in [-0.3, -0.25) is 9.59 Å². The summed E-state index contributed by atoms with van der Waals surface area (Å²) in [6.07, 6.45) is 0.0440. The highest BCUT2D eigenvalue weighted by Gasteiger charge is 2.38. The van der Waals surface area contributed by atoms with Crippen LogP contribution in [0.15, 0.2) is 54.6 Å². The molecule has 0 heterocycles. The average molecular weight is 298 g/mol. The van der Waals surface area contributed by atoms with Crippen molar-refractivity contribution in [1.82, 2.24) is 0 Å². The van der Waals surface area contributed by atoms with Crippen LogP contribution in [0.25, 0.3) is 0 Å². The molecule has 1 atom stereocenters. The van der Waals surface area contributed by atoms with Gasteiger partial charge in [0.05, 0.1) is 13.5 Å². The van der Waals surface area contributed by atoms with Gasteiger partial charge >= 0.3 is 11.9 Å². The number of carboxylic acids is 1. The lowest BCUT2D eigenvalue weighted by atomic mass is 9.74. The van der Waals surface area contributed by atoms with Crippen LogP contribution < -0.4 is 0 Å². The first-order chi connectivity index (χ1) is 10.5. The lowest BCUT2D eigenvalue weighted by Crippen LogP contribution is -2.35. The summed E-state index contributed by atoms with van der Waals surface area (Å²) in [5.41, 5.74) is 0.688. The molecular weight excluding hydrogens is 280 g/mol. The number of rotatable bonds is 5. The van der Waals surface area contributed by atoms with E-state index >= 15 is 0 Å². The maximum absolute atomic E-state index is 12.0. The minimum Gasteiger partial charge on any atom is -0.480 e. The Morgan fingerprint density at radius 3 is 2.23 bits per heavy atom. The Labute approximate surface area is 129 Å². The van der Waals surface area contributed by atoms with Crippen LogP contribution in [0.2, 0.25) is 0 Å². The van der Waals surface area contributed by atoms with Crippen LogP contribution in [0, 0.1) is 0 Å². The molecule has 2 rings (SSSR count). The van der Waals surface area contributed by atoms with Crippen molar-refractivity contribution in [2.24, 2.45) is 0 Å². The van der Waals surface area contributed by atoms with E-state index in [-0.39, 0.29) is 6.42 Å². The standard InChI is InChI=1S/C18H18O4/c1-18(17(20)21,14-9-4-3-5-10-14)15-11-7-6-8-13(15)12-16(19)22-2/h3-11H,12H2,1-2H3,(H,20,21)/t18-/m0/s1. The van der Waals surface area contributed by atoms with Gasteiger partial charge in [-0.05, 0) is 23.6 Å². The lowest BCUT2D eigenvalue weighted by Gasteiger charge is -2.28. The molecule has 0 bridgehead atoms. The van der Waals surface area contributed by atoms with Gasteiger partial charge in [-0.15, -0.1) is 0 Å². The van der Waals surface area contributed by atoms with Crippen molar-refractivity contribution in [3.05, 3.63) is 71.3 Å². The SMILES string of the molecule is COC(=O)Cc1ccccc1[C@@](C)(C(=O)O)c1ccccc1. The van der Waals surface area contributed by atoms with Gasteiger partial charge in [0.25, 0.3) is 0 Å². The molecule has 4 heteroatoms. The first-order valence-electron chi connectivity index (χ1n) is 6.94. The zero-order valence-corrected chi connectivity index (χ0v) is 12.6. The molecule has 0 aliphatic rings. The van der Waals surface area contributed by atoms with E-state index in [1.165, 1.54) is 7.11 Å². The molecule has 0 unspecified atom stereocenters. The predicted octanol–water partition coefficient (Wildman–Crippen LogP) is 2.79. The van der Waals surface area contributed by atoms with Crippen molar-refractivity contribution in [3.63, 3.8) is 0 Å². The maximum atomic E-state index is 12.0. The highest BCUT2D eigenvalue weighted by molar-refractivity contribution is 5.86. The first kappa shape index (κ1) is 15.8. The lowest BCUT2D eigenvalue weighted by molar-refractivity contribution is -0.142. The molecule has 114 valence electrons. The van der Waals surface area contributed by atoms with Crippen molar-refractivity contribution in [1.29, 1.82) is 0 Å². The largest absolute Gasteiger partial charge is 0.480 e. The first-order valence-corrected chi connectivity index (χ1v) is 6.94. The fourth-order valence-electron chi connectivity index (χ4n) is 2.56. The number of benzene rings is 2.